The van der Waals surface area contributed by atoms with Crippen molar-refractivity contribution in [3.63, 3.8) is 0 Å². The molecular weight excluding hydrogens is 359 g/mol. The third-order valence-electron chi connectivity index (χ3n) is 3.92. The van der Waals surface area contributed by atoms with Crippen molar-refractivity contribution in [2.45, 2.75) is 12.3 Å². The lowest BCUT2D eigenvalue weighted by Crippen LogP contribution is -2.23. The molecule has 26 heavy (non-hydrogen) atoms. The minimum absolute atomic E-state index is 0.00254. The number of benzene rings is 1. The highest BCUT2D eigenvalue weighted by atomic mass is 32.2. The molecule has 1 unspecified atom stereocenters. The van der Waals surface area contributed by atoms with Crippen molar-refractivity contribution < 1.29 is 13.2 Å². The maximum atomic E-state index is 12.7. The number of halogens is 1. The lowest BCUT2D eigenvalue weighted by Gasteiger charge is -2.06. The summed E-state index contributed by atoms with van der Waals surface area (Å²) in [4.78, 5) is 12.5. The molecule has 2 N–H and O–H groups in total. The maximum absolute atomic E-state index is 12.7. The average molecular weight is 375 g/mol. The second-order valence-corrected chi connectivity index (χ2v) is 6.60. The van der Waals surface area contributed by atoms with E-state index < -0.39 is 16.8 Å². The van der Waals surface area contributed by atoms with Crippen LogP contribution in [0.15, 0.2) is 59.3 Å². The zero-order valence-corrected chi connectivity index (χ0v) is 14.5. The van der Waals surface area contributed by atoms with Crippen LogP contribution in [0.1, 0.15) is 5.56 Å². The topological polar surface area (TPSA) is 105 Å². The number of rotatable bonds is 6. The number of hydrogen-bond acceptors (Lipinski definition) is 5. The number of nitrogens with zero attached hydrogens (tertiary/aromatic N) is 3. The molecule has 136 valence electrons. The molecule has 0 saturated heterocycles. The smallest absolute Gasteiger partial charge is 0.350 e. The fraction of sp³-hybridized carbons (Fsp3) is 0.176. The Kier molecular flexibility index (Phi) is 5.40. The van der Waals surface area contributed by atoms with Gasteiger partial charge in [0.15, 0.2) is 5.65 Å². The molecule has 1 atom stereocenters. The van der Waals surface area contributed by atoms with Crippen LogP contribution in [-0.4, -0.2) is 29.5 Å². The number of nitrogens with two attached hydrogens (primary N) is 1. The van der Waals surface area contributed by atoms with Gasteiger partial charge in [-0.2, -0.15) is 0 Å². The van der Waals surface area contributed by atoms with Crippen LogP contribution in [0.3, 0.4) is 0 Å². The van der Waals surface area contributed by atoms with Crippen LogP contribution in [0.2, 0.25) is 0 Å². The molecule has 0 amide bonds. The highest BCUT2D eigenvalue weighted by molar-refractivity contribution is 7.78. The maximum Gasteiger partial charge on any atom is 0.350 e. The van der Waals surface area contributed by atoms with Gasteiger partial charge in [-0.1, -0.05) is 35.3 Å². The fourth-order valence-electron chi connectivity index (χ4n) is 2.56. The van der Waals surface area contributed by atoms with E-state index in [1.807, 2.05) is 6.07 Å². The zero-order valence-electron chi connectivity index (χ0n) is 13.7. The van der Waals surface area contributed by atoms with Crippen molar-refractivity contribution in [1.29, 1.82) is 0 Å². The summed E-state index contributed by atoms with van der Waals surface area (Å²) >= 11 is -2.14. The Bertz CT molecular complexity index is 1040. The molecule has 0 bridgehead atoms. The Balaban J connectivity index is 1.95. The van der Waals surface area contributed by atoms with E-state index in [4.69, 9.17) is 5.73 Å². The molecule has 2 aromatic heterocycles. The van der Waals surface area contributed by atoms with Crippen molar-refractivity contribution in [3.8, 4) is 11.1 Å². The van der Waals surface area contributed by atoms with E-state index in [1.165, 1.54) is 4.40 Å². The van der Waals surface area contributed by atoms with Gasteiger partial charge < -0.3 is 10.3 Å². The largest absolute Gasteiger partial charge is 0.772 e. The van der Waals surface area contributed by atoms with Gasteiger partial charge >= 0.3 is 5.69 Å². The second kappa shape index (κ2) is 7.73. The SMILES string of the molecule is NC/C(=C\F)Cn1nc2ccc(-c3ccc(CS(=O)[O-])cc3)cn2c1=O. The summed E-state index contributed by atoms with van der Waals surface area (Å²) in [6.45, 7) is -0.00750. The molecule has 0 radical (unpaired) electrons. The van der Waals surface area contributed by atoms with E-state index in [1.54, 1.807) is 36.5 Å². The van der Waals surface area contributed by atoms with Crippen molar-refractivity contribution >= 4 is 16.7 Å². The second-order valence-electron chi connectivity index (χ2n) is 5.70. The Labute approximate surface area is 150 Å². The van der Waals surface area contributed by atoms with Gasteiger partial charge in [0.25, 0.3) is 0 Å². The minimum atomic E-state index is -2.14. The van der Waals surface area contributed by atoms with Gasteiger partial charge in [0.2, 0.25) is 0 Å². The van der Waals surface area contributed by atoms with Crippen LogP contribution < -0.4 is 11.4 Å². The molecule has 3 aromatic rings. The molecule has 1 aromatic carbocycles. The van der Waals surface area contributed by atoms with E-state index in [2.05, 4.69) is 5.10 Å². The predicted octanol–water partition coefficient (Wildman–Crippen LogP) is 1.35. The average Bonchev–Trinajstić information content (AvgIpc) is 2.95. The first kappa shape index (κ1) is 18.2. The Morgan fingerprint density at radius 2 is 1.92 bits per heavy atom. The van der Waals surface area contributed by atoms with Crippen LogP contribution in [0.5, 0.6) is 0 Å². The molecule has 2 heterocycles. The van der Waals surface area contributed by atoms with E-state index in [0.717, 1.165) is 15.8 Å². The minimum Gasteiger partial charge on any atom is -0.772 e. The predicted molar refractivity (Wildman–Crippen MR) is 95.8 cm³/mol. The number of hydrogen-bond donors (Lipinski definition) is 1. The van der Waals surface area contributed by atoms with Crippen LogP contribution in [-0.2, 0) is 23.4 Å². The van der Waals surface area contributed by atoms with E-state index in [9.17, 15) is 17.9 Å². The van der Waals surface area contributed by atoms with Crippen LogP contribution >= 0.6 is 0 Å². The van der Waals surface area contributed by atoms with Gasteiger partial charge in [-0.3, -0.25) is 4.21 Å². The molecular formula is C17H16FN4O3S-. The summed E-state index contributed by atoms with van der Waals surface area (Å²) in [5.74, 6) is -0.0445. The lowest BCUT2D eigenvalue weighted by molar-refractivity contribution is 0.536. The summed E-state index contributed by atoms with van der Waals surface area (Å²) in [6, 6.07) is 10.5. The van der Waals surface area contributed by atoms with Crippen molar-refractivity contribution in [3.05, 3.63) is 70.5 Å². The molecule has 0 fully saturated rings. The van der Waals surface area contributed by atoms with Gasteiger partial charge in [0.1, 0.15) is 0 Å². The summed E-state index contributed by atoms with van der Waals surface area (Å²) in [5, 5.41) is 4.17. The molecule has 0 saturated carbocycles. The van der Waals surface area contributed by atoms with E-state index >= 15 is 0 Å². The highest BCUT2D eigenvalue weighted by Gasteiger charge is 2.10. The van der Waals surface area contributed by atoms with E-state index in [-0.39, 0.29) is 24.4 Å². The van der Waals surface area contributed by atoms with Crippen molar-refractivity contribution in [1.82, 2.24) is 14.2 Å². The van der Waals surface area contributed by atoms with Crippen LogP contribution in [0.4, 0.5) is 4.39 Å². The van der Waals surface area contributed by atoms with Gasteiger partial charge in [0.05, 0.1) is 12.9 Å². The summed E-state index contributed by atoms with van der Waals surface area (Å²) in [5.41, 5.74) is 8.01. The molecule has 0 aliphatic heterocycles. The quantitative estimate of drug-likeness (QED) is 0.655. The molecule has 9 heteroatoms. The number of pyridine rings is 1. The van der Waals surface area contributed by atoms with Gasteiger partial charge in [-0.05, 0) is 34.4 Å². The molecule has 0 aliphatic carbocycles. The van der Waals surface area contributed by atoms with Gasteiger partial charge in [-0.15, -0.1) is 5.10 Å². The fourth-order valence-corrected chi connectivity index (χ4v) is 3.02. The number of aromatic nitrogens is 3. The first-order valence-electron chi connectivity index (χ1n) is 7.74. The van der Waals surface area contributed by atoms with Crippen LogP contribution in [0.25, 0.3) is 16.8 Å². The summed E-state index contributed by atoms with van der Waals surface area (Å²) in [6.07, 6.45) is 2.03. The Morgan fingerprint density at radius 1 is 1.23 bits per heavy atom. The van der Waals surface area contributed by atoms with Crippen LogP contribution in [0, 0.1) is 0 Å². The zero-order chi connectivity index (χ0) is 18.7. The molecule has 3 rings (SSSR count). The van der Waals surface area contributed by atoms with Crippen molar-refractivity contribution in [2.24, 2.45) is 5.73 Å². The lowest BCUT2D eigenvalue weighted by atomic mass is 10.1. The Morgan fingerprint density at radius 3 is 2.54 bits per heavy atom. The Hall–Kier alpha value is -2.62. The number of fused-ring (bicyclic) bond motifs is 1. The van der Waals surface area contributed by atoms with Gasteiger partial charge in [-0.25, -0.2) is 18.3 Å². The van der Waals surface area contributed by atoms with Gasteiger partial charge in [0, 0.05) is 18.5 Å². The standard InChI is InChI=1S/C17H17FN4O3S/c18-7-13(8-19)9-22-17(23)21-10-15(5-6-16(21)20-22)14-3-1-12(2-4-14)11-26(24)25/h1-7,10H,8-9,11,19H2,(H,24,25)/p-1/b13-7+. The normalized spacial score (nSPS) is 13.3. The monoisotopic (exact) mass is 375 g/mol. The van der Waals surface area contributed by atoms with E-state index in [0.29, 0.717) is 17.5 Å². The summed E-state index contributed by atoms with van der Waals surface area (Å²) < 4.78 is 36.7. The highest BCUT2D eigenvalue weighted by Crippen LogP contribution is 2.20. The molecule has 7 nitrogen and oxygen atoms in total. The first-order chi connectivity index (χ1) is 12.5. The third kappa shape index (κ3) is 3.79. The van der Waals surface area contributed by atoms with Crippen molar-refractivity contribution in [2.75, 3.05) is 6.54 Å². The molecule has 0 spiro atoms. The summed E-state index contributed by atoms with van der Waals surface area (Å²) in [7, 11) is 0. The first-order valence-corrected chi connectivity index (χ1v) is 8.99. The molecule has 0 aliphatic rings. The third-order valence-corrected chi connectivity index (χ3v) is 4.49.